The van der Waals surface area contributed by atoms with Crippen molar-refractivity contribution in [1.29, 1.82) is 0 Å². The van der Waals surface area contributed by atoms with Crippen LogP contribution in [0.1, 0.15) is 47.5 Å². The molecule has 0 rings (SSSR count). The number of rotatable bonds is 5. The number of hydrogen-bond donors (Lipinski definition) is 0. The zero-order chi connectivity index (χ0) is 10.6. The van der Waals surface area contributed by atoms with E-state index in [0.29, 0.717) is 11.8 Å². The quantitative estimate of drug-likeness (QED) is 0.622. The number of halogens is 1. The molecule has 0 saturated heterocycles. The zero-order valence-corrected chi connectivity index (χ0v) is 10.1. The summed E-state index contributed by atoms with van der Waals surface area (Å²) in [5.41, 5.74) is -0.329. The standard InChI is InChI=1S/C11H21ClO/c1-8(2)6-11(5,10(12)13)7-9(3)4/h8-9H,6-7H2,1-5H3. The lowest BCUT2D eigenvalue weighted by molar-refractivity contribution is -0.121. The molecule has 0 aliphatic carbocycles. The summed E-state index contributed by atoms with van der Waals surface area (Å²) in [4.78, 5) is 11.3. The first-order valence-corrected chi connectivity index (χ1v) is 5.35. The van der Waals surface area contributed by atoms with Crippen LogP contribution in [0.4, 0.5) is 0 Å². The van der Waals surface area contributed by atoms with Crippen LogP contribution >= 0.6 is 11.6 Å². The van der Waals surface area contributed by atoms with Gasteiger partial charge in [0.2, 0.25) is 5.24 Å². The smallest absolute Gasteiger partial charge is 0.227 e. The zero-order valence-electron chi connectivity index (χ0n) is 9.36. The molecule has 0 amide bonds. The number of carbonyl (C=O) groups excluding carboxylic acids is 1. The van der Waals surface area contributed by atoms with E-state index in [9.17, 15) is 4.79 Å². The largest absolute Gasteiger partial charge is 0.281 e. The van der Waals surface area contributed by atoms with Crippen LogP contribution in [0.25, 0.3) is 0 Å². The topological polar surface area (TPSA) is 17.1 Å². The van der Waals surface area contributed by atoms with E-state index >= 15 is 0 Å². The molecule has 0 aliphatic rings. The van der Waals surface area contributed by atoms with Crippen LogP contribution in [0.3, 0.4) is 0 Å². The molecule has 0 aromatic carbocycles. The Morgan fingerprint density at radius 3 is 1.62 bits per heavy atom. The predicted molar refractivity (Wildman–Crippen MR) is 57.9 cm³/mol. The first-order valence-electron chi connectivity index (χ1n) is 4.98. The maximum Gasteiger partial charge on any atom is 0.227 e. The van der Waals surface area contributed by atoms with Gasteiger partial charge in [-0.3, -0.25) is 4.79 Å². The Bertz CT molecular complexity index is 163. The molecule has 2 heteroatoms. The molecule has 78 valence electrons. The van der Waals surface area contributed by atoms with Crippen molar-refractivity contribution in [1.82, 2.24) is 0 Å². The average Bonchev–Trinajstić information content (AvgIpc) is 1.82. The molecule has 0 radical (unpaired) electrons. The fourth-order valence-electron chi connectivity index (χ4n) is 2.05. The van der Waals surface area contributed by atoms with Gasteiger partial charge in [0, 0.05) is 5.41 Å². The van der Waals surface area contributed by atoms with E-state index < -0.39 is 0 Å². The minimum Gasteiger partial charge on any atom is -0.281 e. The molecule has 0 N–H and O–H groups in total. The van der Waals surface area contributed by atoms with Crippen molar-refractivity contribution < 1.29 is 4.79 Å². The molecule has 0 saturated carbocycles. The van der Waals surface area contributed by atoms with Crippen molar-refractivity contribution in [2.24, 2.45) is 17.3 Å². The Morgan fingerprint density at radius 2 is 1.46 bits per heavy atom. The minimum atomic E-state index is -0.329. The Morgan fingerprint density at radius 1 is 1.15 bits per heavy atom. The third kappa shape index (κ3) is 4.66. The molecule has 0 unspecified atom stereocenters. The average molecular weight is 205 g/mol. The van der Waals surface area contributed by atoms with Crippen molar-refractivity contribution in [3.8, 4) is 0 Å². The predicted octanol–water partition coefficient (Wildman–Crippen LogP) is 3.85. The molecule has 0 aromatic rings. The molecule has 0 atom stereocenters. The Hall–Kier alpha value is -0.0400. The van der Waals surface area contributed by atoms with Crippen LogP contribution in [-0.4, -0.2) is 5.24 Å². The first-order chi connectivity index (χ1) is 5.78. The van der Waals surface area contributed by atoms with Crippen molar-refractivity contribution >= 4 is 16.8 Å². The second kappa shape index (κ2) is 4.99. The van der Waals surface area contributed by atoms with Crippen molar-refractivity contribution in [3.63, 3.8) is 0 Å². The SMILES string of the molecule is CC(C)CC(C)(CC(C)C)C(=O)Cl. The minimum absolute atomic E-state index is 0.185. The van der Waals surface area contributed by atoms with Gasteiger partial charge in [0.1, 0.15) is 0 Å². The van der Waals surface area contributed by atoms with Crippen molar-refractivity contribution in [2.45, 2.75) is 47.5 Å². The van der Waals surface area contributed by atoms with Gasteiger partial charge in [-0.1, -0.05) is 34.6 Å². The molecule has 0 aromatic heterocycles. The van der Waals surface area contributed by atoms with Crippen LogP contribution in [0.5, 0.6) is 0 Å². The molecule has 0 fully saturated rings. The maximum absolute atomic E-state index is 11.3. The van der Waals surface area contributed by atoms with Crippen LogP contribution in [0.15, 0.2) is 0 Å². The highest BCUT2D eigenvalue weighted by atomic mass is 35.5. The Kier molecular flexibility index (Phi) is 4.98. The van der Waals surface area contributed by atoms with Crippen LogP contribution < -0.4 is 0 Å². The van der Waals surface area contributed by atoms with Gasteiger partial charge in [-0.2, -0.15) is 0 Å². The third-order valence-corrected chi connectivity index (χ3v) is 2.65. The lowest BCUT2D eigenvalue weighted by atomic mass is 9.77. The third-order valence-electron chi connectivity index (χ3n) is 2.19. The Labute approximate surface area is 86.9 Å². The summed E-state index contributed by atoms with van der Waals surface area (Å²) in [6, 6.07) is 0. The van der Waals surface area contributed by atoms with Gasteiger partial charge in [0.05, 0.1) is 0 Å². The van der Waals surface area contributed by atoms with Gasteiger partial charge in [0.25, 0.3) is 0 Å². The monoisotopic (exact) mass is 204 g/mol. The fourth-order valence-corrected chi connectivity index (χ4v) is 2.20. The summed E-state index contributed by atoms with van der Waals surface area (Å²) >= 11 is 5.63. The summed E-state index contributed by atoms with van der Waals surface area (Å²) in [6.45, 7) is 10.5. The van der Waals surface area contributed by atoms with Crippen LogP contribution in [0.2, 0.25) is 0 Å². The van der Waals surface area contributed by atoms with E-state index in [1.807, 2.05) is 6.92 Å². The summed E-state index contributed by atoms with van der Waals surface area (Å²) in [5.74, 6) is 1.04. The lowest BCUT2D eigenvalue weighted by Gasteiger charge is -2.28. The Balaban J connectivity index is 4.43. The van der Waals surface area contributed by atoms with Gasteiger partial charge >= 0.3 is 0 Å². The highest BCUT2D eigenvalue weighted by Gasteiger charge is 2.32. The van der Waals surface area contributed by atoms with Crippen LogP contribution in [0, 0.1) is 17.3 Å². The van der Waals surface area contributed by atoms with E-state index in [0.717, 1.165) is 12.8 Å². The number of carbonyl (C=O) groups is 1. The van der Waals surface area contributed by atoms with E-state index in [4.69, 9.17) is 11.6 Å². The summed E-state index contributed by atoms with van der Waals surface area (Å²) in [5, 5.41) is -0.185. The second-order valence-electron chi connectivity index (χ2n) is 5.03. The summed E-state index contributed by atoms with van der Waals surface area (Å²) in [7, 11) is 0. The van der Waals surface area contributed by atoms with E-state index in [1.54, 1.807) is 0 Å². The lowest BCUT2D eigenvalue weighted by Crippen LogP contribution is -2.27. The molecule has 0 heterocycles. The van der Waals surface area contributed by atoms with Gasteiger partial charge in [0.15, 0.2) is 0 Å². The van der Waals surface area contributed by atoms with Gasteiger partial charge in [-0.05, 0) is 36.3 Å². The van der Waals surface area contributed by atoms with Crippen molar-refractivity contribution in [3.05, 3.63) is 0 Å². The molecule has 0 aliphatic heterocycles. The van der Waals surface area contributed by atoms with Crippen LogP contribution in [-0.2, 0) is 4.79 Å². The highest BCUT2D eigenvalue weighted by Crippen LogP contribution is 2.35. The van der Waals surface area contributed by atoms with Gasteiger partial charge < -0.3 is 0 Å². The normalized spacial score (nSPS) is 12.6. The molecule has 13 heavy (non-hydrogen) atoms. The first kappa shape index (κ1) is 13.0. The fraction of sp³-hybridized carbons (Fsp3) is 0.909. The maximum atomic E-state index is 11.3. The highest BCUT2D eigenvalue weighted by molar-refractivity contribution is 6.64. The molecular weight excluding hydrogens is 184 g/mol. The molecule has 0 spiro atoms. The van der Waals surface area contributed by atoms with Gasteiger partial charge in [-0.15, -0.1) is 0 Å². The van der Waals surface area contributed by atoms with Gasteiger partial charge in [-0.25, -0.2) is 0 Å². The van der Waals surface area contributed by atoms with E-state index in [-0.39, 0.29) is 10.7 Å². The van der Waals surface area contributed by atoms with Crippen molar-refractivity contribution in [2.75, 3.05) is 0 Å². The summed E-state index contributed by atoms with van der Waals surface area (Å²) in [6.07, 6.45) is 1.76. The molecular formula is C11H21ClO. The molecule has 0 bridgehead atoms. The number of hydrogen-bond acceptors (Lipinski definition) is 1. The second-order valence-corrected chi connectivity index (χ2v) is 5.37. The van der Waals surface area contributed by atoms with E-state index in [2.05, 4.69) is 27.7 Å². The summed E-state index contributed by atoms with van der Waals surface area (Å²) < 4.78 is 0. The molecule has 1 nitrogen and oxygen atoms in total. The van der Waals surface area contributed by atoms with E-state index in [1.165, 1.54) is 0 Å².